The Morgan fingerprint density at radius 1 is 1.24 bits per heavy atom. The molecule has 21 heavy (non-hydrogen) atoms. The van der Waals surface area contributed by atoms with Crippen molar-refractivity contribution in [1.82, 2.24) is 5.32 Å². The normalized spacial score (nSPS) is 11.6. The molecule has 1 amide bonds. The number of halogens is 2. The number of carboxylic acid groups (broad SMARTS) is 1. The number of benzene rings is 1. The van der Waals surface area contributed by atoms with Gasteiger partial charge in [-0.05, 0) is 18.6 Å². The van der Waals surface area contributed by atoms with Crippen molar-refractivity contribution in [2.75, 3.05) is 7.11 Å². The van der Waals surface area contributed by atoms with E-state index in [4.69, 9.17) is 5.11 Å². The van der Waals surface area contributed by atoms with Crippen LogP contribution in [0.3, 0.4) is 0 Å². The summed E-state index contributed by atoms with van der Waals surface area (Å²) in [6.45, 7) is 0. The van der Waals surface area contributed by atoms with Crippen LogP contribution in [0.2, 0.25) is 0 Å². The molecule has 0 unspecified atom stereocenters. The first-order chi connectivity index (χ1) is 9.83. The lowest BCUT2D eigenvalue weighted by molar-refractivity contribution is -0.142. The van der Waals surface area contributed by atoms with E-state index in [0.717, 1.165) is 19.2 Å². The Hall–Kier alpha value is -2.51. The molecule has 114 valence electrons. The van der Waals surface area contributed by atoms with Crippen molar-refractivity contribution in [3.63, 3.8) is 0 Å². The topological polar surface area (TPSA) is 92.7 Å². The maximum Gasteiger partial charge on any atom is 0.326 e. The number of methoxy groups -OCH3 is 1. The Morgan fingerprint density at radius 3 is 2.29 bits per heavy atom. The van der Waals surface area contributed by atoms with Crippen LogP contribution >= 0.6 is 0 Å². The van der Waals surface area contributed by atoms with E-state index in [-0.39, 0.29) is 18.4 Å². The van der Waals surface area contributed by atoms with E-state index in [2.05, 4.69) is 10.1 Å². The summed E-state index contributed by atoms with van der Waals surface area (Å²) in [7, 11) is 1.15. The summed E-state index contributed by atoms with van der Waals surface area (Å²) in [5, 5.41) is 11.0. The molecule has 0 aliphatic heterocycles. The molecule has 0 aliphatic carbocycles. The fourth-order valence-electron chi connectivity index (χ4n) is 1.55. The van der Waals surface area contributed by atoms with Gasteiger partial charge in [0.15, 0.2) is 0 Å². The maximum atomic E-state index is 13.0. The second kappa shape index (κ2) is 7.32. The van der Waals surface area contributed by atoms with Gasteiger partial charge in [0, 0.05) is 18.1 Å². The van der Waals surface area contributed by atoms with Crippen molar-refractivity contribution in [1.29, 1.82) is 0 Å². The van der Waals surface area contributed by atoms with Crippen molar-refractivity contribution in [3.8, 4) is 0 Å². The zero-order chi connectivity index (χ0) is 16.0. The lowest BCUT2D eigenvalue weighted by Gasteiger charge is -2.14. The van der Waals surface area contributed by atoms with Crippen LogP contribution < -0.4 is 5.32 Å². The molecule has 0 fully saturated rings. The van der Waals surface area contributed by atoms with Gasteiger partial charge in [-0.2, -0.15) is 0 Å². The number of aliphatic carboxylic acids is 1. The van der Waals surface area contributed by atoms with Gasteiger partial charge in [-0.3, -0.25) is 9.59 Å². The van der Waals surface area contributed by atoms with Gasteiger partial charge in [-0.15, -0.1) is 0 Å². The van der Waals surface area contributed by atoms with E-state index < -0.39 is 35.5 Å². The van der Waals surface area contributed by atoms with Gasteiger partial charge in [0.2, 0.25) is 0 Å². The first-order valence-electron chi connectivity index (χ1n) is 5.90. The Morgan fingerprint density at radius 2 is 1.81 bits per heavy atom. The van der Waals surface area contributed by atoms with Crippen LogP contribution in [0.1, 0.15) is 23.2 Å². The lowest BCUT2D eigenvalue weighted by atomic mass is 10.1. The number of amides is 1. The standard InChI is InChI=1S/C13H13F2NO5/c1-21-11(17)3-2-10(13(19)20)16-12(18)7-4-8(14)6-9(15)5-7/h4-6,10H,2-3H2,1H3,(H,16,18)(H,19,20)/t10-/m1/s1. The smallest absolute Gasteiger partial charge is 0.326 e. The van der Waals surface area contributed by atoms with Gasteiger partial charge in [0.1, 0.15) is 17.7 Å². The number of carboxylic acids is 1. The van der Waals surface area contributed by atoms with Crippen molar-refractivity contribution in [3.05, 3.63) is 35.4 Å². The summed E-state index contributed by atoms with van der Waals surface area (Å²) in [6.07, 6.45) is -0.420. The molecule has 0 bridgehead atoms. The van der Waals surface area contributed by atoms with Crippen molar-refractivity contribution in [2.24, 2.45) is 0 Å². The van der Waals surface area contributed by atoms with Crippen molar-refractivity contribution in [2.45, 2.75) is 18.9 Å². The van der Waals surface area contributed by atoms with E-state index in [1.165, 1.54) is 0 Å². The third kappa shape index (κ3) is 5.17. The highest BCUT2D eigenvalue weighted by Gasteiger charge is 2.22. The van der Waals surface area contributed by atoms with Crippen LogP contribution in [0.5, 0.6) is 0 Å². The molecule has 6 nitrogen and oxygen atoms in total. The first kappa shape index (κ1) is 16.5. The Bertz CT molecular complexity index is 541. The summed E-state index contributed by atoms with van der Waals surface area (Å²) in [5.41, 5.74) is -0.350. The minimum Gasteiger partial charge on any atom is -0.480 e. The van der Waals surface area contributed by atoms with E-state index in [9.17, 15) is 23.2 Å². The number of rotatable bonds is 6. The van der Waals surface area contributed by atoms with Crippen LogP contribution in [-0.2, 0) is 14.3 Å². The van der Waals surface area contributed by atoms with Gasteiger partial charge < -0.3 is 15.2 Å². The zero-order valence-electron chi connectivity index (χ0n) is 11.1. The molecule has 1 aromatic carbocycles. The Balaban J connectivity index is 2.76. The number of carbonyl (C=O) groups is 3. The molecule has 0 aliphatic rings. The fourth-order valence-corrected chi connectivity index (χ4v) is 1.55. The molecule has 1 aromatic rings. The van der Waals surface area contributed by atoms with Gasteiger partial charge in [-0.25, -0.2) is 13.6 Å². The van der Waals surface area contributed by atoms with Gasteiger partial charge in [-0.1, -0.05) is 0 Å². The van der Waals surface area contributed by atoms with E-state index in [0.29, 0.717) is 6.07 Å². The molecular weight excluding hydrogens is 288 g/mol. The lowest BCUT2D eigenvalue weighted by Crippen LogP contribution is -2.41. The van der Waals surface area contributed by atoms with E-state index >= 15 is 0 Å². The third-order valence-electron chi connectivity index (χ3n) is 2.59. The quantitative estimate of drug-likeness (QED) is 0.768. The minimum atomic E-state index is -1.37. The minimum absolute atomic E-state index is 0.203. The Kier molecular flexibility index (Phi) is 5.77. The number of hydrogen-bond donors (Lipinski definition) is 2. The van der Waals surface area contributed by atoms with Crippen LogP contribution in [0, 0.1) is 11.6 Å². The highest BCUT2D eigenvalue weighted by Crippen LogP contribution is 2.09. The molecule has 0 heterocycles. The number of carbonyl (C=O) groups excluding carboxylic acids is 2. The molecule has 2 N–H and O–H groups in total. The monoisotopic (exact) mass is 301 g/mol. The SMILES string of the molecule is COC(=O)CC[C@@H](NC(=O)c1cc(F)cc(F)c1)C(=O)O. The highest BCUT2D eigenvalue weighted by atomic mass is 19.1. The van der Waals surface area contributed by atoms with E-state index in [1.54, 1.807) is 0 Å². The number of nitrogens with one attached hydrogen (secondary N) is 1. The Labute approximate surface area is 118 Å². The van der Waals surface area contributed by atoms with Gasteiger partial charge in [0.05, 0.1) is 7.11 Å². The molecule has 0 saturated carbocycles. The van der Waals surface area contributed by atoms with Crippen molar-refractivity contribution < 1.29 is 33.0 Å². The van der Waals surface area contributed by atoms with Crippen molar-refractivity contribution >= 4 is 17.8 Å². The molecule has 0 radical (unpaired) electrons. The predicted octanol–water partition coefficient (Wildman–Crippen LogP) is 1.10. The average Bonchev–Trinajstić information content (AvgIpc) is 2.41. The average molecular weight is 301 g/mol. The number of hydrogen-bond acceptors (Lipinski definition) is 4. The van der Waals surface area contributed by atoms with Gasteiger partial charge >= 0.3 is 11.9 Å². The largest absolute Gasteiger partial charge is 0.480 e. The molecular formula is C13H13F2NO5. The molecule has 0 saturated heterocycles. The summed E-state index contributed by atoms with van der Waals surface area (Å²) in [6, 6.07) is 0.765. The number of ether oxygens (including phenoxy) is 1. The number of esters is 1. The predicted molar refractivity (Wildman–Crippen MR) is 66.5 cm³/mol. The summed E-state index contributed by atoms with van der Waals surface area (Å²) >= 11 is 0. The summed E-state index contributed by atoms with van der Waals surface area (Å²) in [4.78, 5) is 33.7. The summed E-state index contributed by atoms with van der Waals surface area (Å²) in [5.74, 6) is -4.87. The molecule has 8 heteroatoms. The van der Waals surface area contributed by atoms with Gasteiger partial charge in [0.25, 0.3) is 5.91 Å². The summed E-state index contributed by atoms with van der Waals surface area (Å²) < 4.78 is 30.3. The zero-order valence-corrected chi connectivity index (χ0v) is 11.1. The molecule has 1 rings (SSSR count). The molecule has 0 spiro atoms. The molecule has 1 atom stereocenters. The van der Waals surface area contributed by atoms with Crippen LogP contribution in [0.15, 0.2) is 18.2 Å². The third-order valence-corrected chi connectivity index (χ3v) is 2.59. The van der Waals surface area contributed by atoms with Crippen LogP contribution in [-0.4, -0.2) is 36.1 Å². The highest BCUT2D eigenvalue weighted by molar-refractivity contribution is 5.96. The second-order valence-electron chi connectivity index (χ2n) is 4.14. The van der Waals surface area contributed by atoms with Crippen LogP contribution in [0.25, 0.3) is 0 Å². The second-order valence-corrected chi connectivity index (χ2v) is 4.14. The van der Waals surface area contributed by atoms with Crippen LogP contribution in [0.4, 0.5) is 8.78 Å². The van der Waals surface area contributed by atoms with E-state index in [1.807, 2.05) is 0 Å². The molecule has 0 aromatic heterocycles. The fraction of sp³-hybridized carbons (Fsp3) is 0.308. The maximum absolute atomic E-state index is 13.0. The first-order valence-corrected chi connectivity index (χ1v) is 5.90.